The second-order valence-electron chi connectivity index (χ2n) is 5.53. The molecule has 5 heteroatoms. The molecule has 118 valence electrons. The van der Waals surface area contributed by atoms with Crippen molar-refractivity contribution >= 4 is 5.91 Å². The van der Waals surface area contributed by atoms with Crippen LogP contribution in [0.2, 0.25) is 0 Å². The third kappa shape index (κ3) is 4.43. The fraction of sp³-hybridized carbons (Fsp3) is 0.412. The van der Waals surface area contributed by atoms with Crippen molar-refractivity contribution in [3.63, 3.8) is 0 Å². The average Bonchev–Trinajstić information content (AvgIpc) is 2.83. The van der Waals surface area contributed by atoms with E-state index in [4.69, 9.17) is 4.52 Å². The molecular weight excluding hydrogens is 278 g/mol. The highest BCUT2D eigenvalue weighted by Gasteiger charge is 2.16. The van der Waals surface area contributed by atoms with Crippen LogP contribution in [-0.2, 0) is 6.54 Å². The summed E-state index contributed by atoms with van der Waals surface area (Å²) in [6, 6.07) is 10.4. The first kappa shape index (κ1) is 16.2. The van der Waals surface area contributed by atoms with Gasteiger partial charge in [0, 0.05) is 13.1 Å². The molecule has 0 aliphatic carbocycles. The van der Waals surface area contributed by atoms with Crippen molar-refractivity contribution in [1.82, 2.24) is 15.4 Å². The Labute approximate surface area is 131 Å². The highest BCUT2D eigenvalue weighted by molar-refractivity contribution is 5.96. The second-order valence-corrected chi connectivity index (χ2v) is 5.53. The van der Waals surface area contributed by atoms with Gasteiger partial charge in [-0.05, 0) is 39.4 Å². The van der Waals surface area contributed by atoms with Crippen LogP contribution in [0.5, 0.6) is 0 Å². The van der Waals surface area contributed by atoms with Crippen LogP contribution in [0.25, 0.3) is 0 Å². The maximum atomic E-state index is 12.1. The molecule has 0 atom stereocenters. The van der Waals surface area contributed by atoms with E-state index in [1.54, 1.807) is 13.8 Å². The summed E-state index contributed by atoms with van der Waals surface area (Å²) in [6.07, 6.45) is 0.901. The number of aromatic nitrogens is 1. The van der Waals surface area contributed by atoms with E-state index in [9.17, 15) is 4.79 Å². The molecule has 1 aromatic heterocycles. The molecule has 0 aliphatic heterocycles. The fourth-order valence-electron chi connectivity index (χ4n) is 2.42. The van der Waals surface area contributed by atoms with Gasteiger partial charge in [0.05, 0.1) is 5.69 Å². The van der Waals surface area contributed by atoms with E-state index in [1.807, 2.05) is 18.2 Å². The van der Waals surface area contributed by atoms with Crippen molar-refractivity contribution in [2.75, 3.05) is 20.1 Å². The van der Waals surface area contributed by atoms with E-state index < -0.39 is 0 Å². The Morgan fingerprint density at radius 1 is 1.27 bits per heavy atom. The van der Waals surface area contributed by atoms with Gasteiger partial charge < -0.3 is 14.7 Å². The molecule has 1 aromatic carbocycles. The van der Waals surface area contributed by atoms with Gasteiger partial charge in [-0.1, -0.05) is 35.5 Å². The molecule has 0 saturated heterocycles. The summed E-state index contributed by atoms with van der Waals surface area (Å²) < 4.78 is 5.01. The first-order chi connectivity index (χ1) is 10.6. The number of hydrogen-bond donors (Lipinski definition) is 1. The van der Waals surface area contributed by atoms with Crippen molar-refractivity contribution in [2.24, 2.45) is 0 Å². The number of nitrogens with zero attached hydrogens (tertiary/aromatic N) is 2. The average molecular weight is 301 g/mol. The molecule has 1 heterocycles. The number of hydrogen-bond acceptors (Lipinski definition) is 4. The summed E-state index contributed by atoms with van der Waals surface area (Å²) >= 11 is 0. The summed E-state index contributed by atoms with van der Waals surface area (Å²) in [5.41, 5.74) is 2.48. The largest absolute Gasteiger partial charge is 0.361 e. The molecule has 1 amide bonds. The van der Waals surface area contributed by atoms with E-state index in [1.165, 1.54) is 5.56 Å². The van der Waals surface area contributed by atoms with Crippen LogP contribution in [-0.4, -0.2) is 36.1 Å². The summed E-state index contributed by atoms with van der Waals surface area (Å²) in [6.45, 7) is 6.01. The third-order valence-electron chi connectivity index (χ3n) is 3.56. The number of carbonyl (C=O) groups excluding carboxylic acids is 1. The van der Waals surface area contributed by atoms with Gasteiger partial charge in [0.25, 0.3) is 5.91 Å². The van der Waals surface area contributed by atoms with E-state index in [0.29, 0.717) is 23.6 Å². The van der Waals surface area contributed by atoms with Crippen LogP contribution in [0, 0.1) is 13.8 Å². The van der Waals surface area contributed by atoms with Crippen LogP contribution >= 0.6 is 0 Å². The Balaban J connectivity index is 1.70. The summed E-state index contributed by atoms with van der Waals surface area (Å²) in [4.78, 5) is 14.3. The van der Waals surface area contributed by atoms with Gasteiger partial charge in [-0.15, -0.1) is 0 Å². The topological polar surface area (TPSA) is 58.4 Å². The molecule has 0 bridgehead atoms. The summed E-state index contributed by atoms with van der Waals surface area (Å²) in [7, 11) is 2.09. The van der Waals surface area contributed by atoms with Crippen LogP contribution < -0.4 is 5.32 Å². The third-order valence-corrected chi connectivity index (χ3v) is 3.56. The number of nitrogens with one attached hydrogen (secondary N) is 1. The zero-order valence-electron chi connectivity index (χ0n) is 13.4. The van der Waals surface area contributed by atoms with Gasteiger partial charge in [0.1, 0.15) is 11.3 Å². The van der Waals surface area contributed by atoms with Crippen LogP contribution in [0.3, 0.4) is 0 Å². The highest BCUT2D eigenvalue weighted by atomic mass is 16.5. The zero-order valence-corrected chi connectivity index (χ0v) is 13.4. The van der Waals surface area contributed by atoms with Gasteiger partial charge in [0.2, 0.25) is 0 Å². The SMILES string of the molecule is Cc1noc(C)c1C(=O)NCCCN(C)Cc1ccccc1. The molecule has 0 unspecified atom stereocenters. The lowest BCUT2D eigenvalue weighted by Gasteiger charge is -2.16. The Bertz CT molecular complexity index is 588. The zero-order chi connectivity index (χ0) is 15.9. The van der Waals surface area contributed by atoms with Crippen molar-refractivity contribution in [1.29, 1.82) is 0 Å². The first-order valence-electron chi connectivity index (χ1n) is 7.51. The summed E-state index contributed by atoms with van der Waals surface area (Å²) in [5.74, 6) is 0.457. The number of aryl methyl sites for hydroxylation is 2. The molecule has 2 rings (SSSR count). The van der Waals surface area contributed by atoms with Gasteiger partial charge in [-0.3, -0.25) is 4.79 Å². The van der Waals surface area contributed by atoms with Crippen molar-refractivity contribution < 1.29 is 9.32 Å². The Kier molecular flexibility index (Phi) is 5.72. The summed E-state index contributed by atoms with van der Waals surface area (Å²) in [5, 5.41) is 6.72. The Morgan fingerprint density at radius 3 is 2.64 bits per heavy atom. The lowest BCUT2D eigenvalue weighted by Crippen LogP contribution is -2.28. The van der Waals surface area contributed by atoms with Gasteiger partial charge in [-0.25, -0.2) is 0 Å². The normalized spacial score (nSPS) is 10.9. The molecule has 5 nitrogen and oxygen atoms in total. The smallest absolute Gasteiger partial charge is 0.256 e. The Hall–Kier alpha value is -2.14. The van der Waals surface area contributed by atoms with E-state index in [0.717, 1.165) is 19.5 Å². The number of carbonyl (C=O) groups is 1. The number of amides is 1. The molecule has 2 aromatic rings. The van der Waals surface area contributed by atoms with E-state index in [-0.39, 0.29) is 5.91 Å². The van der Waals surface area contributed by atoms with Gasteiger partial charge >= 0.3 is 0 Å². The lowest BCUT2D eigenvalue weighted by atomic mass is 10.2. The van der Waals surface area contributed by atoms with Crippen molar-refractivity contribution in [2.45, 2.75) is 26.8 Å². The second kappa shape index (κ2) is 7.75. The molecule has 0 aliphatic rings. The highest BCUT2D eigenvalue weighted by Crippen LogP contribution is 2.11. The molecule has 1 N–H and O–H groups in total. The monoisotopic (exact) mass is 301 g/mol. The molecule has 0 radical (unpaired) electrons. The number of rotatable bonds is 7. The molecule has 0 fully saturated rings. The van der Waals surface area contributed by atoms with Gasteiger partial charge in [-0.2, -0.15) is 0 Å². The van der Waals surface area contributed by atoms with E-state index >= 15 is 0 Å². The minimum Gasteiger partial charge on any atom is -0.361 e. The maximum Gasteiger partial charge on any atom is 0.256 e. The molecule has 0 saturated carbocycles. The Morgan fingerprint density at radius 2 is 2.00 bits per heavy atom. The molecule has 22 heavy (non-hydrogen) atoms. The van der Waals surface area contributed by atoms with Crippen LogP contribution in [0.15, 0.2) is 34.9 Å². The standard InChI is InChI=1S/C17H23N3O2/c1-13-16(14(2)22-19-13)17(21)18-10-7-11-20(3)12-15-8-5-4-6-9-15/h4-6,8-9H,7,10-12H2,1-3H3,(H,18,21). The fourth-order valence-corrected chi connectivity index (χ4v) is 2.42. The predicted molar refractivity (Wildman–Crippen MR) is 85.7 cm³/mol. The van der Waals surface area contributed by atoms with Crippen LogP contribution in [0.4, 0.5) is 0 Å². The predicted octanol–water partition coefficient (Wildman–Crippen LogP) is 2.54. The minimum absolute atomic E-state index is 0.109. The lowest BCUT2D eigenvalue weighted by molar-refractivity contribution is 0.0950. The quantitative estimate of drug-likeness (QED) is 0.798. The van der Waals surface area contributed by atoms with Crippen molar-refractivity contribution in [3.05, 3.63) is 52.9 Å². The van der Waals surface area contributed by atoms with Crippen LogP contribution in [0.1, 0.15) is 33.8 Å². The van der Waals surface area contributed by atoms with Crippen molar-refractivity contribution in [3.8, 4) is 0 Å². The minimum atomic E-state index is -0.109. The molecular formula is C17H23N3O2. The van der Waals surface area contributed by atoms with E-state index in [2.05, 4.69) is 34.6 Å². The first-order valence-corrected chi connectivity index (χ1v) is 7.51. The van der Waals surface area contributed by atoms with Gasteiger partial charge in [0.15, 0.2) is 0 Å². The molecule has 0 spiro atoms. The maximum absolute atomic E-state index is 12.1. The number of benzene rings is 1.